The van der Waals surface area contributed by atoms with E-state index in [-0.39, 0.29) is 0 Å². The Hall–Kier alpha value is -3.09. The molecule has 0 atom stereocenters. The molecule has 7 heteroatoms. The minimum Gasteiger partial charge on any atom is -0.399 e. The molecule has 0 bridgehead atoms. The Bertz CT molecular complexity index is 762. The van der Waals surface area contributed by atoms with Crippen molar-refractivity contribution in [3.63, 3.8) is 0 Å². The van der Waals surface area contributed by atoms with Crippen LogP contribution in [0.25, 0.3) is 11.3 Å². The fourth-order valence-corrected chi connectivity index (χ4v) is 1.73. The molecule has 0 aliphatic rings. The third kappa shape index (κ3) is 2.37. The van der Waals surface area contributed by atoms with Gasteiger partial charge in [0.1, 0.15) is 6.33 Å². The summed E-state index contributed by atoms with van der Waals surface area (Å²) in [6, 6.07) is 11.1. The Kier molecular flexibility index (Phi) is 2.92. The van der Waals surface area contributed by atoms with Crippen molar-refractivity contribution in [1.29, 1.82) is 0 Å². The highest BCUT2D eigenvalue weighted by atomic mass is 15.4. The smallest absolute Gasteiger partial charge is 0.177 e. The topological polar surface area (TPSA) is 93.2 Å². The SMILES string of the molecule is C=C(NNc1ccc2nncn2n1)c1cccc(N)c1. The van der Waals surface area contributed by atoms with Crippen LogP contribution in [0.15, 0.2) is 49.3 Å². The number of hydrogen-bond acceptors (Lipinski definition) is 6. The minimum atomic E-state index is 0.627. The molecule has 7 nitrogen and oxygen atoms in total. The normalized spacial score (nSPS) is 10.4. The number of fused-ring (bicyclic) bond motifs is 1. The third-order valence-electron chi connectivity index (χ3n) is 2.74. The van der Waals surface area contributed by atoms with E-state index >= 15 is 0 Å². The fourth-order valence-electron chi connectivity index (χ4n) is 1.73. The molecule has 0 fully saturated rings. The molecule has 3 aromatic rings. The fraction of sp³-hybridized carbons (Fsp3) is 0. The van der Waals surface area contributed by atoms with Crippen molar-refractivity contribution >= 4 is 22.8 Å². The van der Waals surface area contributed by atoms with Crippen LogP contribution in [0.3, 0.4) is 0 Å². The number of anilines is 2. The first kappa shape index (κ1) is 12.0. The van der Waals surface area contributed by atoms with Crippen LogP contribution in [0.1, 0.15) is 5.56 Å². The first-order valence-corrected chi connectivity index (χ1v) is 5.96. The number of hydrazine groups is 1. The van der Waals surface area contributed by atoms with Gasteiger partial charge in [0.2, 0.25) is 0 Å². The summed E-state index contributed by atoms with van der Waals surface area (Å²) in [4.78, 5) is 0. The van der Waals surface area contributed by atoms with Crippen LogP contribution in [-0.2, 0) is 0 Å². The van der Waals surface area contributed by atoms with Crippen molar-refractivity contribution in [3.05, 3.63) is 54.9 Å². The van der Waals surface area contributed by atoms with Gasteiger partial charge in [-0.3, -0.25) is 10.9 Å². The zero-order chi connectivity index (χ0) is 13.9. The molecule has 0 saturated carbocycles. The lowest BCUT2D eigenvalue weighted by Crippen LogP contribution is -2.20. The van der Waals surface area contributed by atoms with Crippen LogP contribution in [0.5, 0.6) is 0 Å². The first-order valence-electron chi connectivity index (χ1n) is 5.96. The van der Waals surface area contributed by atoms with Crippen molar-refractivity contribution in [2.75, 3.05) is 11.2 Å². The minimum absolute atomic E-state index is 0.627. The molecule has 0 unspecified atom stereocenters. The van der Waals surface area contributed by atoms with Crippen LogP contribution >= 0.6 is 0 Å². The van der Waals surface area contributed by atoms with Crippen molar-refractivity contribution in [1.82, 2.24) is 25.2 Å². The number of nitrogen functional groups attached to an aromatic ring is 1. The van der Waals surface area contributed by atoms with Crippen LogP contribution in [0, 0.1) is 0 Å². The van der Waals surface area contributed by atoms with Gasteiger partial charge in [-0.05, 0) is 24.3 Å². The van der Waals surface area contributed by atoms with Gasteiger partial charge in [-0.1, -0.05) is 18.7 Å². The maximum Gasteiger partial charge on any atom is 0.177 e. The van der Waals surface area contributed by atoms with E-state index in [9.17, 15) is 0 Å². The highest BCUT2D eigenvalue weighted by Crippen LogP contribution is 2.13. The van der Waals surface area contributed by atoms with Crippen LogP contribution in [0.4, 0.5) is 11.5 Å². The Morgan fingerprint density at radius 2 is 2.15 bits per heavy atom. The number of rotatable bonds is 4. The molecule has 0 spiro atoms. The lowest BCUT2D eigenvalue weighted by atomic mass is 10.1. The maximum absolute atomic E-state index is 5.74. The molecule has 0 amide bonds. The molecular formula is C13H13N7. The number of nitrogens with zero attached hydrogens (tertiary/aromatic N) is 4. The lowest BCUT2D eigenvalue weighted by Gasteiger charge is -2.11. The van der Waals surface area contributed by atoms with E-state index in [0.29, 0.717) is 22.8 Å². The van der Waals surface area contributed by atoms with Crippen molar-refractivity contribution < 1.29 is 0 Å². The van der Waals surface area contributed by atoms with E-state index in [1.807, 2.05) is 30.3 Å². The second-order valence-corrected chi connectivity index (χ2v) is 4.21. The van der Waals surface area contributed by atoms with Gasteiger partial charge in [0.25, 0.3) is 0 Å². The lowest BCUT2D eigenvalue weighted by molar-refractivity contribution is 0.907. The van der Waals surface area contributed by atoms with Gasteiger partial charge < -0.3 is 5.73 Å². The predicted molar refractivity (Wildman–Crippen MR) is 77.4 cm³/mol. The second-order valence-electron chi connectivity index (χ2n) is 4.21. The van der Waals surface area contributed by atoms with E-state index in [4.69, 9.17) is 5.73 Å². The Morgan fingerprint density at radius 3 is 3.00 bits per heavy atom. The Balaban J connectivity index is 1.71. The molecule has 0 aliphatic carbocycles. The molecule has 0 saturated heterocycles. The molecule has 3 rings (SSSR count). The van der Waals surface area contributed by atoms with Gasteiger partial charge in [0.05, 0.1) is 5.70 Å². The molecule has 2 heterocycles. The predicted octanol–water partition coefficient (Wildman–Crippen LogP) is 1.29. The second kappa shape index (κ2) is 4.88. The van der Waals surface area contributed by atoms with Crippen molar-refractivity contribution in [2.24, 2.45) is 0 Å². The largest absolute Gasteiger partial charge is 0.399 e. The molecule has 20 heavy (non-hydrogen) atoms. The zero-order valence-electron chi connectivity index (χ0n) is 10.6. The van der Waals surface area contributed by atoms with Gasteiger partial charge >= 0.3 is 0 Å². The van der Waals surface area contributed by atoms with E-state index in [1.165, 1.54) is 6.33 Å². The van der Waals surface area contributed by atoms with Crippen LogP contribution < -0.4 is 16.6 Å². The average Bonchev–Trinajstić information content (AvgIpc) is 2.92. The highest BCUT2D eigenvalue weighted by molar-refractivity contribution is 5.65. The molecule has 1 aromatic carbocycles. The standard InChI is InChI=1S/C13H13N7/c1-9(10-3-2-4-11(14)7-10)16-17-12-5-6-13-18-15-8-20(13)19-12/h2-8,16H,1,14H2,(H,17,19). The van der Waals surface area contributed by atoms with Crippen molar-refractivity contribution in [3.8, 4) is 0 Å². The van der Waals surface area contributed by atoms with Gasteiger partial charge in [-0.15, -0.1) is 15.3 Å². The van der Waals surface area contributed by atoms with E-state index < -0.39 is 0 Å². The van der Waals surface area contributed by atoms with E-state index in [1.54, 1.807) is 10.6 Å². The maximum atomic E-state index is 5.74. The van der Waals surface area contributed by atoms with Gasteiger partial charge in [-0.2, -0.15) is 4.52 Å². The van der Waals surface area contributed by atoms with Gasteiger partial charge in [-0.25, -0.2) is 0 Å². The summed E-state index contributed by atoms with van der Waals surface area (Å²) in [5.74, 6) is 0.627. The highest BCUT2D eigenvalue weighted by Gasteiger charge is 2.01. The van der Waals surface area contributed by atoms with E-state index in [0.717, 1.165) is 5.56 Å². The summed E-state index contributed by atoms with van der Waals surface area (Å²) in [5.41, 5.74) is 14.7. The number of nitrogens with one attached hydrogen (secondary N) is 2. The first-order chi connectivity index (χ1) is 9.72. The molecule has 100 valence electrons. The van der Waals surface area contributed by atoms with Gasteiger partial charge in [0, 0.05) is 11.3 Å². The molecule has 4 N–H and O–H groups in total. The molecular weight excluding hydrogens is 254 g/mol. The Labute approximate surface area is 115 Å². The summed E-state index contributed by atoms with van der Waals surface area (Å²) in [6.07, 6.45) is 1.53. The summed E-state index contributed by atoms with van der Waals surface area (Å²) in [5, 5.41) is 11.9. The Morgan fingerprint density at radius 1 is 1.25 bits per heavy atom. The quantitative estimate of drug-likeness (QED) is 0.487. The number of hydrogen-bond donors (Lipinski definition) is 3. The van der Waals surface area contributed by atoms with E-state index in [2.05, 4.69) is 32.7 Å². The summed E-state index contributed by atoms with van der Waals surface area (Å²) in [6.45, 7) is 3.95. The number of benzene rings is 1. The molecule has 2 aromatic heterocycles. The zero-order valence-corrected chi connectivity index (χ0v) is 10.6. The summed E-state index contributed by atoms with van der Waals surface area (Å²) in [7, 11) is 0. The van der Waals surface area contributed by atoms with Gasteiger partial charge in [0.15, 0.2) is 11.5 Å². The molecule has 0 radical (unpaired) electrons. The molecule has 0 aliphatic heterocycles. The number of nitrogens with two attached hydrogens (primary N) is 1. The summed E-state index contributed by atoms with van der Waals surface area (Å²) < 4.78 is 1.58. The monoisotopic (exact) mass is 267 g/mol. The average molecular weight is 267 g/mol. The van der Waals surface area contributed by atoms with Crippen LogP contribution in [-0.4, -0.2) is 19.8 Å². The van der Waals surface area contributed by atoms with Crippen molar-refractivity contribution in [2.45, 2.75) is 0 Å². The summed E-state index contributed by atoms with van der Waals surface area (Å²) >= 11 is 0. The number of aromatic nitrogens is 4. The van der Waals surface area contributed by atoms with Crippen LogP contribution in [0.2, 0.25) is 0 Å². The third-order valence-corrected chi connectivity index (χ3v) is 2.74.